The highest BCUT2D eigenvalue weighted by molar-refractivity contribution is 6.32. The molecule has 1 aliphatic rings. The van der Waals surface area contributed by atoms with Gasteiger partial charge < -0.3 is 9.64 Å². The van der Waals surface area contributed by atoms with Crippen LogP contribution in [0.1, 0.15) is 55.8 Å². The van der Waals surface area contributed by atoms with Gasteiger partial charge in [0.05, 0.1) is 23.1 Å². The Morgan fingerprint density at radius 3 is 2.70 bits per heavy atom. The lowest BCUT2D eigenvalue weighted by Gasteiger charge is -2.40. The first-order chi connectivity index (χ1) is 18.0. The number of fused-ring (bicyclic) bond motifs is 1. The molecule has 37 heavy (non-hydrogen) atoms. The molecule has 1 amide bonds. The Labute approximate surface area is 222 Å². The Morgan fingerprint density at radius 2 is 2.00 bits per heavy atom. The summed E-state index contributed by atoms with van der Waals surface area (Å²) < 4.78 is 21.0. The number of likely N-dealkylation sites (tertiary alicyclic amines) is 1. The number of pyridine rings is 2. The second-order valence-electron chi connectivity index (χ2n) is 9.78. The molecule has 9 heteroatoms. The molecule has 0 aliphatic carbocycles. The van der Waals surface area contributed by atoms with Gasteiger partial charge >= 0.3 is 0 Å². The molecule has 1 saturated heterocycles. The van der Waals surface area contributed by atoms with Crippen molar-refractivity contribution in [2.24, 2.45) is 5.41 Å². The molecule has 1 aliphatic heterocycles. The Morgan fingerprint density at radius 1 is 1.24 bits per heavy atom. The zero-order valence-corrected chi connectivity index (χ0v) is 21.9. The lowest BCUT2D eigenvalue weighted by molar-refractivity contribution is -0.143. The molecule has 1 atom stereocenters. The van der Waals surface area contributed by atoms with Gasteiger partial charge in [0.1, 0.15) is 11.9 Å². The minimum absolute atomic E-state index is 0.107. The van der Waals surface area contributed by atoms with Crippen molar-refractivity contribution >= 4 is 28.4 Å². The van der Waals surface area contributed by atoms with Crippen LogP contribution < -0.4 is 10.2 Å². The van der Waals surface area contributed by atoms with Crippen LogP contribution >= 0.6 is 11.6 Å². The van der Waals surface area contributed by atoms with Gasteiger partial charge in [0.25, 0.3) is 0 Å². The van der Waals surface area contributed by atoms with Crippen LogP contribution in [0.15, 0.2) is 48.9 Å². The zero-order chi connectivity index (χ0) is 26.3. The highest BCUT2D eigenvalue weighted by Crippen LogP contribution is 2.42. The second-order valence-corrected chi connectivity index (χ2v) is 10.2. The summed E-state index contributed by atoms with van der Waals surface area (Å²) in [6.07, 6.45) is 8.40. The van der Waals surface area contributed by atoms with Gasteiger partial charge in [-0.05, 0) is 100 Å². The van der Waals surface area contributed by atoms with E-state index in [9.17, 15) is 10.0 Å². The minimum atomic E-state index is -1.39. The van der Waals surface area contributed by atoms with E-state index in [0.29, 0.717) is 41.5 Å². The lowest BCUT2D eigenvalue weighted by Crippen LogP contribution is -2.48. The number of ether oxygens (including phenoxy) is 1. The number of halogens is 2. The van der Waals surface area contributed by atoms with E-state index in [2.05, 4.69) is 14.9 Å². The molecular formula is C28H34ClFN4O3. The fourth-order valence-corrected chi connectivity index (χ4v) is 5.56. The number of nitrogens with one attached hydrogen (secondary N) is 1. The van der Waals surface area contributed by atoms with Gasteiger partial charge in [0, 0.05) is 29.5 Å². The number of amides is 1. The van der Waals surface area contributed by atoms with Crippen LogP contribution in [0.2, 0.25) is 5.02 Å². The number of alkyl halides is 1. The average molecular weight is 529 g/mol. The van der Waals surface area contributed by atoms with Crippen LogP contribution in [-0.2, 0) is 11.2 Å². The number of hydrogen-bond acceptors (Lipinski definition) is 6. The summed E-state index contributed by atoms with van der Waals surface area (Å²) in [6.45, 7) is 2.42. The van der Waals surface area contributed by atoms with Crippen molar-refractivity contribution in [1.82, 2.24) is 20.3 Å². The van der Waals surface area contributed by atoms with Gasteiger partial charge in [-0.3, -0.25) is 20.0 Å². The van der Waals surface area contributed by atoms with Crippen molar-refractivity contribution in [1.29, 1.82) is 0 Å². The van der Waals surface area contributed by atoms with Gasteiger partial charge in [-0.15, -0.1) is 0 Å². The van der Waals surface area contributed by atoms with Crippen LogP contribution in [0.25, 0.3) is 10.9 Å². The molecule has 0 saturated carbocycles. The monoisotopic (exact) mass is 528 g/mol. The number of rotatable bonds is 11. The summed E-state index contributed by atoms with van der Waals surface area (Å²) >= 11 is 6.39. The fraction of sp³-hybridized carbons (Fsp3) is 0.464. The highest BCUT2D eigenvalue weighted by atomic mass is 35.5. The molecule has 4 rings (SSSR count). The van der Waals surface area contributed by atoms with E-state index in [1.165, 1.54) is 11.8 Å². The van der Waals surface area contributed by atoms with E-state index in [-0.39, 0.29) is 11.4 Å². The van der Waals surface area contributed by atoms with Gasteiger partial charge in [0.15, 0.2) is 0 Å². The van der Waals surface area contributed by atoms with Crippen LogP contribution in [0.4, 0.5) is 4.39 Å². The molecule has 0 radical (unpaired) electrons. The molecule has 1 unspecified atom stereocenters. The van der Waals surface area contributed by atoms with Crippen molar-refractivity contribution in [3.05, 3.63) is 65.1 Å². The Bertz CT molecular complexity index is 1190. The standard InChI is InChI=1S/C28H34ClFN4O3/c1-37-21-5-6-25-22(18-21)26(23(29)19-32-25)24(30)7-10-28(27(35)33-36)11-16-34(17-12-28)15-3-2-4-20-8-13-31-14-9-20/h5-6,8-9,13-14,18-19,24,36H,2-4,7,10-12,15-17H2,1H3,(H,33,35). The smallest absolute Gasteiger partial charge is 0.249 e. The molecule has 3 aromatic rings. The second kappa shape index (κ2) is 12.6. The zero-order valence-electron chi connectivity index (χ0n) is 21.1. The SMILES string of the molecule is COc1ccc2ncc(Cl)c(C(F)CCC3(C(=O)NO)CCN(CCCCc4ccncc4)CC3)c2c1. The topological polar surface area (TPSA) is 87.6 Å². The van der Waals surface area contributed by atoms with Gasteiger partial charge in [-0.1, -0.05) is 11.6 Å². The lowest BCUT2D eigenvalue weighted by atomic mass is 9.73. The summed E-state index contributed by atoms with van der Waals surface area (Å²) in [4.78, 5) is 23.5. The Hall–Kier alpha value is -2.81. The number of aryl methyl sites for hydroxylation is 1. The first-order valence-corrected chi connectivity index (χ1v) is 13.2. The average Bonchev–Trinajstić information content (AvgIpc) is 2.94. The third-order valence-corrected chi connectivity index (χ3v) is 7.89. The van der Waals surface area contributed by atoms with Crippen molar-refractivity contribution in [3.63, 3.8) is 0 Å². The quantitative estimate of drug-likeness (QED) is 0.189. The van der Waals surface area contributed by atoms with Crippen molar-refractivity contribution < 1.29 is 19.1 Å². The van der Waals surface area contributed by atoms with E-state index in [4.69, 9.17) is 16.3 Å². The maximum absolute atomic E-state index is 15.7. The Balaban J connectivity index is 1.36. The minimum Gasteiger partial charge on any atom is -0.497 e. The maximum Gasteiger partial charge on any atom is 0.249 e. The van der Waals surface area contributed by atoms with E-state index >= 15 is 4.39 Å². The number of piperidine rings is 1. The molecule has 1 fully saturated rings. The first-order valence-electron chi connectivity index (χ1n) is 12.8. The summed E-state index contributed by atoms with van der Waals surface area (Å²) in [5.74, 6) is 0.152. The number of aromatic nitrogens is 2. The van der Waals surface area contributed by atoms with E-state index in [1.54, 1.807) is 25.3 Å². The molecular weight excluding hydrogens is 495 g/mol. The van der Waals surface area contributed by atoms with Crippen LogP contribution in [0.5, 0.6) is 5.75 Å². The summed E-state index contributed by atoms with van der Waals surface area (Å²) in [5.41, 5.74) is 3.29. The molecule has 0 bridgehead atoms. The number of hydrogen-bond donors (Lipinski definition) is 2. The third kappa shape index (κ3) is 6.55. The largest absolute Gasteiger partial charge is 0.497 e. The summed E-state index contributed by atoms with van der Waals surface area (Å²) in [6, 6.07) is 9.36. The summed E-state index contributed by atoms with van der Waals surface area (Å²) in [7, 11) is 1.55. The molecule has 3 heterocycles. The number of methoxy groups -OCH3 is 1. The third-order valence-electron chi connectivity index (χ3n) is 7.59. The predicted molar refractivity (Wildman–Crippen MR) is 142 cm³/mol. The molecule has 7 nitrogen and oxygen atoms in total. The van der Waals surface area contributed by atoms with Gasteiger partial charge in [-0.25, -0.2) is 9.87 Å². The van der Waals surface area contributed by atoms with E-state index in [1.807, 2.05) is 30.0 Å². The molecule has 2 aromatic heterocycles. The number of benzene rings is 1. The van der Waals surface area contributed by atoms with Gasteiger partial charge in [-0.2, -0.15) is 0 Å². The fourth-order valence-electron chi connectivity index (χ4n) is 5.29. The molecule has 2 N–H and O–H groups in total. The normalized spacial score (nSPS) is 16.4. The van der Waals surface area contributed by atoms with Crippen molar-refractivity contribution in [2.75, 3.05) is 26.7 Å². The van der Waals surface area contributed by atoms with Crippen molar-refractivity contribution in [2.45, 2.75) is 51.1 Å². The molecule has 0 spiro atoms. The van der Waals surface area contributed by atoms with Crippen molar-refractivity contribution in [3.8, 4) is 5.75 Å². The number of nitrogens with zero attached hydrogens (tertiary/aromatic N) is 3. The Kier molecular flexibility index (Phi) is 9.29. The molecule has 198 valence electrons. The molecule has 1 aromatic carbocycles. The number of unbranched alkanes of at least 4 members (excludes halogenated alkanes) is 1. The predicted octanol–water partition coefficient (Wildman–Crippen LogP) is 5.69. The van der Waals surface area contributed by atoms with Crippen LogP contribution in [-0.4, -0.2) is 52.7 Å². The maximum atomic E-state index is 15.7. The first kappa shape index (κ1) is 27.2. The number of carbonyl (C=O) groups is 1. The van der Waals surface area contributed by atoms with Crippen LogP contribution in [0, 0.1) is 5.41 Å². The highest BCUT2D eigenvalue weighted by Gasteiger charge is 2.41. The van der Waals surface area contributed by atoms with Gasteiger partial charge in [0.2, 0.25) is 5.91 Å². The summed E-state index contributed by atoms with van der Waals surface area (Å²) in [5, 5.41) is 10.3. The van der Waals surface area contributed by atoms with E-state index < -0.39 is 17.5 Å². The number of carbonyl (C=O) groups excluding carboxylic acids is 1. The van der Waals surface area contributed by atoms with Crippen LogP contribution in [0.3, 0.4) is 0 Å². The van der Waals surface area contributed by atoms with E-state index in [0.717, 1.165) is 38.9 Å². The number of hydroxylamine groups is 1.